The highest BCUT2D eigenvalue weighted by molar-refractivity contribution is 5.68. The average molecular weight is 239 g/mol. The fourth-order valence-electron chi connectivity index (χ4n) is 1.32. The number of pyridine rings is 1. The average Bonchev–Trinajstić information content (AvgIpc) is 2.28. The highest BCUT2D eigenvalue weighted by atomic mass is 16.6. The number of nitrogens with one attached hydrogen (secondary N) is 1. The van der Waals surface area contributed by atoms with Gasteiger partial charge in [0.2, 0.25) is 0 Å². The minimum Gasteiger partial charge on any atom is -0.481 e. The van der Waals surface area contributed by atoms with Crippen molar-refractivity contribution in [1.82, 2.24) is 4.98 Å². The zero-order valence-electron chi connectivity index (χ0n) is 9.29. The lowest BCUT2D eigenvalue weighted by Gasteiger charge is -2.14. The zero-order chi connectivity index (χ0) is 12.8. The Bertz CT molecular complexity index is 405. The van der Waals surface area contributed by atoms with Gasteiger partial charge in [0.1, 0.15) is 0 Å². The molecule has 0 aliphatic rings. The molecule has 0 aliphatic carbocycles. The first kappa shape index (κ1) is 12.9. The van der Waals surface area contributed by atoms with E-state index >= 15 is 0 Å². The van der Waals surface area contributed by atoms with Crippen molar-refractivity contribution >= 4 is 17.5 Å². The van der Waals surface area contributed by atoms with Crippen LogP contribution in [0, 0.1) is 10.1 Å². The van der Waals surface area contributed by atoms with E-state index in [4.69, 9.17) is 5.11 Å². The molecule has 0 spiro atoms. The number of hydrogen-bond donors (Lipinski definition) is 2. The van der Waals surface area contributed by atoms with Crippen LogP contribution in [0.25, 0.3) is 0 Å². The molecule has 92 valence electrons. The lowest BCUT2D eigenvalue weighted by molar-refractivity contribution is -0.389. The molecule has 1 atom stereocenters. The number of nitrogens with zero attached hydrogens (tertiary/aromatic N) is 2. The fourth-order valence-corrected chi connectivity index (χ4v) is 1.32. The first-order valence-electron chi connectivity index (χ1n) is 5.11. The zero-order valence-corrected chi connectivity index (χ0v) is 9.29. The maximum Gasteiger partial charge on any atom is 0.363 e. The number of aromatic nitrogens is 1. The molecule has 0 amide bonds. The lowest BCUT2D eigenvalue weighted by atomic mass is 10.1. The molecule has 1 heterocycles. The number of carboxylic acids is 1. The van der Waals surface area contributed by atoms with Gasteiger partial charge in [-0.1, -0.05) is 6.92 Å². The van der Waals surface area contributed by atoms with Crippen LogP contribution in [0.5, 0.6) is 0 Å². The first-order chi connectivity index (χ1) is 8.02. The Morgan fingerprint density at radius 1 is 1.65 bits per heavy atom. The number of nitro groups is 1. The molecule has 0 aromatic carbocycles. The molecular weight excluding hydrogens is 226 g/mol. The summed E-state index contributed by atoms with van der Waals surface area (Å²) in [5.74, 6) is -1.12. The number of rotatable bonds is 6. The van der Waals surface area contributed by atoms with Crippen LogP contribution in [0.15, 0.2) is 18.3 Å². The molecule has 0 saturated heterocycles. The van der Waals surface area contributed by atoms with Gasteiger partial charge in [0, 0.05) is 12.1 Å². The van der Waals surface area contributed by atoms with E-state index in [0.29, 0.717) is 12.1 Å². The normalized spacial score (nSPS) is 11.8. The second-order valence-corrected chi connectivity index (χ2v) is 3.51. The van der Waals surface area contributed by atoms with Crippen LogP contribution in [0.4, 0.5) is 11.5 Å². The molecule has 1 aromatic heterocycles. The minimum atomic E-state index is -0.890. The molecule has 0 bridgehead atoms. The fraction of sp³-hybridized carbons (Fsp3) is 0.400. The summed E-state index contributed by atoms with van der Waals surface area (Å²) in [7, 11) is 0. The van der Waals surface area contributed by atoms with Crippen molar-refractivity contribution in [2.24, 2.45) is 0 Å². The quantitative estimate of drug-likeness (QED) is 0.577. The van der Waals surface area contributed by atoms with Crippen molar-refractivity contribution in [3.8, 4) is 0 Å². The summed E-state index contributed by atoms with van der Waals surface area (Å²) in [4.78, 5) is 24.0. The molecule has 0 radical (unpaired) electrons. The van der Waals surface area contributed by atoms with Gasteiger partial charge < -0.3 is 20.5 Å². The Balaban J connectivity index is 2.67. The highest BCUT2D eigenvalue weighted by Crippen LogP contribution is 2.14. The van der Waals surface area contributed by atoms with Crippen LogP contribution >= 0.6 is 0 Å². The van der Waals surface area contributed by atoms with E-state index in [2.05, 4.69) is 10.3 Å². The molecule has 7 nitrogen and oxygen atoms in total. The van der Waals surface area contributed by atoms with Crippen molar-refractivity contribution in [3.05, 3.63) is 28.4 Å². The topological polar surface area (TPSA) is 105 Å². The summed E-state index contributed by atoms with van der Waals surface area (Å²) >= 11 is 0. The number of hydrogen-bond acceptors (Lipinski definition) is 5. The number of carboxylic acid groups (broad SMARTS) is 1. The minimum absolute atomic E-state index is 0.00646. The second-order valence-electron chi connectivity index (χ2n) is 3.51. The van der Waals surface area contributed by atoms with Crippen molar-refractivity contribution in [2.75, 3.05) is 5.32 Å². The molecule has 0 fully saturated rings. The van der Waals surface area contributed by atoms with Gasteiger partial charge in [-0.2, -0.15) is 0 Å². The second kappa shape index (κ2) is 5.78. The van der Waals surface area contributed by atoms with Crippen LogP contribution in [0.1, 0.15) is 19.8 Å². The molecule has 17 heavy (non-hydrogen) atoms. The Kier molecular flexibility index (Phi) is 4.38. The standard InChI is InChI=1S/C10H13N3O4/c1-2-7(5-10(14)15)12-8-3-4-9(11-6-8)13(16)17/h3-4,6-7,12H,2,5H2,1H3,(H,14,15). The van der Waals surface area contributed by atoms with E-state index < -0.39 is 10.9 Å². The molecular formula is C10H13N3O4. The van der Waals surface area contributed by atoms with Crippen molar-refractivity contribution in [3.63, 3.8) is 0 Å². The van der Waals surface area contributed by atoms with Gasteiger partial charge in [-0.25, -0.2) is 0 Å². The molecule has 7 heteroatoms. The van der Waals surface area contributed by atoms with E-state index in [0.717, 1.165) is 0 Å². The molecule has 1 rings (SSSR count). The monoisotopic (exact) mass is 239 g/mol. The van der Waals surface area contributed by atoms with Gasteiger partial charge >= 0.3 is 11.8 Å². The number of aliphatic carboxylic acids is 1. The van der Waals surface area contributed by atoms with Gasteiger partial charge in [0.15, 0.2) is 6.20 Å². The molecule has 1 aromatic rings. The van der Waals surface area contributed by atoms with Gasteiger partial charge in [-0.15, -0.1) is 0 Å². The Labute approximate surface area is 97.6 Å². The van der Waals surface area contributed by atoms with Gasteiger partial charge in [-0.05, 0) is 22.4 Å². The highest BCUT2D eigenvalue weighted by Gasteiger charge is 2.12. The van der Waals surface area contributed by atoms with Gasteiger partial charge in [0.05, 0.1) is 12.1 Å². The smallest absolute Gasteiger partial charge is 0.363 e. The summed E-state index contributed by atoms with van der Waals surface area (Å²) in [6.45, 7) is 1.86. The van der Waals surface area contributed by atoms with E-state index in [1.165, 1.54) is 18.3 Å². The largest absolute Gasteiger partial charge is 0.481 e. The van der Waals surface area contributed by atoms with Crippen LogP contribution < -0.4 is 5.32 Å². The Hall–Kier alpha value is -2.18. The molecule has 2 N–H and O–H groups in total. The summed E-state index contributed by atoms with van der Waals surface area (Å²) in [5.41, 5.74) is 0.573. The SMILES string of the molecule is CCC(CC(=O)O)Nc1ccc([N+](=O)[O-])nc1. The van der Waals surface area contributed by atoms with E-state index in [9.17, 15) is 14.9 Å². The Morgan fingerprint density at radius 2 is 2.35 bits per heavy atom. The van der Waals surface area contributed by atoms with E-state index in [-0.39, 0.29) is 18.3 Å². The van der Waals surface area contributed by atoms with E-state index in [1.807, 2.05) is 6.92 Å². The molecule has 0 saturated carbocycles. The van der Waals surface area contributed by atoms with Crippen molar-refractivity contribution < 1.29 is 14.8 Å². The Morgan fingerprint density at radius 3 is 2.76 bits per heavy atom. The van der Waals surface area contributed by atoms with E-state index in [1.54, 1.807) is 0 Å². The van der Waals surface area contributed by atoms with Crippen LogP contribution in [0.2, 0.25) is 0 Å². The maximum absolute atomic E-state index is 10.6. The summed E-state index contributed by atoms with van der Waals surface area (Å²) in [6.07, 6.45) is 1.96. The van der Waals surface area contributed by atoms with Crippen LogP contribution in [-0.2, 0) is 4.79 Å². The number of anilines is 1. The third kappa shape index (κ3) is 4.06. The lowest BCUT2D eigenvalue weighted by Crippen LogP contribution is -2.22. The maximum atomic E-state index is 10.6. The van der Waals surface area contributed by atoms with Crippen LogP contribution in [-0.4, -0.2) is 27.0 Å². The molecule has 0 aliphatic heterocycles. The third-order valence-corrected chi connectivity index (χ3v) is 2.22. The predicted molar refractivity (Wildman–Crippen MR) is 60.8 cm³/mol. The van der Waals surface area contributed by atoms with Gasteiger partial charge in [-0.3, -0.25) is 4.79 Å². The summed E-state index contributed by atoms with van der Waals surface area (Å²) in [6, 6.07) is 2.57. The van der Waals surface area contributed by atoms with Crippen LogP contribution in [0.3, 0.4) is 0 Å². The third-order valence-electron chi connectivity index (χ3n) is 2.22. The summed E-state index contributed by atoms with van der Waals surface area (Å²) < 4.78 is 0. The first-order valence-corrected chi connectivity index (χ1v) is 5.11. The molecule has 1 unspecified atom stereocenters. The predicted octanol–water partition coefficient (Wildman–Crippen LogP) is 1.65. The summed E-state index contributed by atoms with van der Waals surface area (Å²) in [5, 5.41) is 22.0. The van der Waals surface area contributed by atoms with Crippen molar-refractivity contribution in [2.45, 2.75) is 25.8 Å². The van der Waals surface area contributed by atoms with Gasteiger partial charge in [0.25, 0.3) is 0 Å². The number of carbonyl (C=O) groups is 1. The van der Waals surface area contributed by atoms with Crippen molar-refractivity contribution in [1.29, 1.82) is 0 Å².